The van der Waals surface area contributed by atoms with Crippen molar-refractivity contribution >= 4 is 28.5 Å². The normalized spacial score (nSPS) is 12.3. The zero-order valence-corrected chi connectivity index (χ0v) is 15.9. The lowest BCUT2D eigenvalue weighted by atomic mass is 10.1. The van der Waals surface area contributed by atoms with Crippen LogP contribution in [-0.2, 0) is 6.61 Å². The molecule has 0 aliphatic carbocycles. The number of ether oxygens (including phenoxy) is 4. The summed E-state index contributed by atoms with van der Waals surface area (Å²) >= 11 is 1.39. The number of aromatic nitrogens is 1. The summed E-state index contributed by atoms with van der Waals surface area (Å²) in [5.41, 5.74) is 10.2. The summed E-state index contributed by atoms with van der Waals surface area (Å²) < 4.78 is 22.0. The summed E-state index contributed by atoms with van der Waals surface area (Å²) in [4.78, 5) is 4.09. The molecule has 9 heteroatoms. The molecule has 2 heterocycles. The van der Waals surface area contributed by atoms with Gasteiger partial charge in [-0.15, -0.1) is 11.3 Å². The summed E-state index contributed by atoms with van der Waals surface area (Å²) in [7, 11) is 1.63. The van der Waals surface area contributed by atoms with E-state index in [1.165, 1.54) is 11.3 Å². The van der Waals surface area contributed by atoms with Gasteiger partial charge in [0.15, 0.2) is 11.5 Å². The van der Waals surface area contributed by atoms with Crippen LogP contribution in [0.3, 0.4) is 0 Å². The van der Waals surface area contributed by atoms with Gasteiger partial charge in [0.25, 0.3) is 0 Å². The van der Waals surface area contributed by atoms with E-state index in [0.717, 1.165) is 22.6 Å². The largest absolute Gasteiger partial charge is 0.496 e. The first-order valence-corrected chi connectivity index (χ1v) is 9.28. The van der Waals surface area contributed by atoms with E-state index in [0.29, 0.717) is 29.1 Å². The van der Waals surface area contributed by atoms with E-state index >= 15 is 0 Å². The Morgan fingerprint density at radius 2 is 2.14 bits per heavy atom. The molecule has 28 heavy (non-hydrogen) atoms. The lowest BCUT2D eigenvalue weighted by Crippen LogP contribution is -2.00. The van der Waals surface area contributed by atoms with E-state index < -0.39 is 0 Å². The molecule has 0 amide bonds. The lowest BCUT2D eigenvalue weighted by molar-refractivity contribution is 0.173. The van der Waals surface area contributed by atoms with Crippen molar-refractivity contribution in [1.82, 2.24) is 4.98 Å². The molecule has 8 nitrogen and oxygen atoms in total. The van der Waals surface area contributed by atoms with Gasteiger partial charge >= 0.3 is 0 Å². The first kappa shape index (κ1) is 17.9. The molecule has 0 atom stereocenters. The highest BCUT2D eigenvalue weighted by Crippen LogP contribution is 2.35. The highest BCUT2D eigenvalue weighted by molar-refractivity contribution is 7.14. The van der Waals surface area contributed by atoms with Gasteiger partial charge in [0.05, 0.1) is 13.3 Å². The highest BCUT2D eigenvalue weighted by Gasteiger charge is 2.14. The van der Waals surface area contributed by atoms with Crippen LogP contribution < -0.4 is 30.1 Å². The van der Waals surface area contributed by atoms with Gasteiger partial charge in [0, 0.05) is 17.0 Å². The maximum absolute atomic E-state index is 5.89. The van der Waals surface area contributed by atoms with Crippen LogP contribution in [0.25, 0.3) is 0 Å². The number of nitrogens with zero attached hydrogens (tertiary/aromatic N) is 2. The average Bonchev–Trinajstić information content (AvgIpc) is 3.34. The third kappa shape index (κ3) is 4.09. The number of anilines is 2. The van der Waals surface area contributed by atoms with E-state index in [4.69, 9.17) is 24.7 Å². The second-order valence-electron chi connectivity index (χ2n) is 5.82. The van der Waals surface area contributed by atoms with Crippen molar-refractivity contribution in [2.24, 2.45) is 5.10 Å². The molecule has 1 aromatic heterocycles. The monoisotopic (exact) mass is 398 g/mol. The SMILES string of the molecule is COc1ccc(C=NNc2nc(N)cs2)cc1COc1ccc2c(c1)OCO2. The number of hydrogen-bond donors (Lipinski definition) is 2. The molecule has 3 aromatic rings. The number of benzene rings is 2. The summed E-state index contributed by atoms with van der Waals surface area (Å²) in [5.74, 6) is 3.29. The van der Waals surface area contributed by atoms with E-state index in [9.17, 15) is 0 Å². The fourth-order valence-electron chi connectivity index (χ4n) is 2.62. The minimum Gasteiger partial charge on any atom is -0.496 e. The number of thiazole rings is 1. The van der Waals surface area contributed by atoms with Crippen LogP contribution in [-0.4, -0.2) is 25.1 Å². The van der Waals surface area contributed by atoms with Crippen molar-refractivity contribution in [2.45, 2.75) is 6.61 Å². The third-order valence-corrected chi connectivity index (χ3v) is 4.70. The van der Waals surface area contributed by atoms with E-state index in [1.54, 1.807) is 18.7 Å². The van der Waals surface area contributed by atoms with Gasteiger partial charge in [-0.1, -0.05) is 0 Å². The highest BCUT2D eigenvalue weighted by atomic mass is 32.1. The summed E-state index contributed by atoms with van der Waals surface area (Å²) in [6.07, 6.45) is 1.70. The summed E-state index contributed by atoms with van der Waals surface area (Å²) in [5, 5.41) is 6.56. The topological polar surface area (TPSA) is 100 Å². The first-order valence-electron chi connectivity index (χ1n) is 8.41. The zero-order valence-electron chi connectivity index (χ0n) is 15.0. The van der Waals surface area contributed by atoms with Gasteiger partial charge < -0.3 is 24.7 Å². The molecule has 0 radical (unpaired) electrons. The van der Waals surface area contributed by atoms with Crippen molar-refractivity contribution < 1.29 is 18.9 Å². The van der Waals surface area contributed by atoms with E-state index in [1.807, 2.05) is 36.4 Å². The van der Waals surface area contributed by atoms with Crippen LogP contribution in [0.15, 0.2) is 46.9 Å². The maximum atomic E-state index is 5.89. The van der Waals surface area contributed by atoms with Crippen LogP contribution >= 0.6 is 11.3 Å². The molecule has 2 aromatic carbocycles. The number of nitrogens with two attached hydrogens (primary N) is 1. The van der Waals surface area contributed by atoms with E-state index in [-0.39, 0.29) is 6.79 Å². The molecular formula is C19H18N4O4S. The number of nitrogen functional groups attached to an aromatic ring is 1. The first-order chi connectivity index (χ1) is 13.7. The number of nitrogens with one attached hydrogen (secondary N) is 1. The Morgan fingerprint density at radius 1 is 1.25 bits per heavy atom. The number of methoxy groups -OCH3 is 1. The van der Waals surface area contributed by atoms with Crippen LogP contribution in [0, 0.1) is 0 Å². The van der Waals surface area contributed by atoms with Crippen LogP contribution in [0.5, 0.6) is 23.0 Å². The molecule has 0 spiro atoms. The Hall–Kier alpha value is -3.46. The second kappa shape index (κ2) is 8.05. The molecule has 0 unspecified atom stereocenters. The predicted octanol–water partition coefficient (Wildman–Crippen LogP) is 3.49. The lowest BCUT2D eigenvalue weighted by Gasteiger charge is -2.11. The molecule has 0 saturated carbocycles. The predicted molar refractivity (Wildman–Crippen MR) is 108 cm³/mol. The third-order valence-electron chi connectivity index (χ3n) is 3.94. The number of fused-ring (bicyclic) bond motifs is 1. The van der Waals surface area contributed by atoms with Crippen molar-refractivity contribution in [3.63, 3.8) is 0 Å². The second-order valence-corrected chi connectivity index (χ2v) is 6.68. The van der Waals surface area contributed by atoms with Gasteiger partial charge in [0.1, 0.15) is 23.9 Å². The molecule has 0 fully saturated rings. The van der Waals surface area contributed by atoms with Crippen LogP contribution in [0.4, 0.5) is 10.9 Å². The average molecular weight is 398 g/mol. The van der Waals surface area contributed by atoms with Crippen molar-refractivity contribution in [1.29, 1.82) is 0 Å². The Balaban J connectivity index is 1.44. The number of hydrogen-bond acceptors (Lipinski definition) is 9. The Bertz CT molecular complexity index is 1010. The Labute approximate surface area is 165 Å². The molecule has 4 rings (SSSR count). The summed E-state index contributed by atoms with van der Waals surface area (Å²) in [6.45, 7) is 0.566. The molecule has 144 valence electrons. The minimum absolute atomic E-state index is 0.232. The standard InChI is InChI=1S/C19H18N4O4S/c1-24-15-4-2-12(8-21-23-19-22-18(20)10-28-19)6-13(15)9-25-14-3-5-16-17(7-14)27-11-26-16/h2-8,10H,9,11,20H2,1H3,(H,22,23). The van der Waals surface area contributed by atoms with Gasteiger partial charge in [0.2, 0.25) is 11.9 Å². The van der Waals surface area contributed by atoms with Crippen LogP contribution in [0.2, 0.25) is 0 Å². The van der Waals surface area contributed by atoms with Crippen molar-refractivity contribution in [3.05, 3.63) is 52.9 Å². The quantitative estimate of drug-likeness (QED) is 0.464. The molecule has 1 aliphatic rings. The summed E-state index contributed by atoms with van der Waals surface area (Å²) in [6, 6.07) is 11.2. The molecule has 1 aliphatic heterocycles. The number of hydrazone groups is 1. The van der Waals surface area contributed by atoms with Gasteiger partial charge in [-0.05, 0) is 35.9 Å². The smallest absolute Gasteiger partial charge is 0.231 e. The Morgan fingerprint density at radius 3 is 2.96 bits per heavy atom. The zero-order chi connectivity index (χ0) is 19.3. The molecular weight excluding hydrogens is 380 g/mol. The molecule has 3 N–H and O–H groups in total. The van der Waals surface area contributed by atoms with Crippen molar-refractivity contribution in [3.8, 4) is 23.0 Å². The fourth-order valence-corrected chi connectivity index (χ4v) is 3.17. The van der Waals surface area contributed by atoms with Crippen LogP contribution in [0.1, 0.15) is 11.1 Å². The maximum Gasteiger partial charge on any atom is 0.231 e. The van der Waals surface area contributed by atoms with Gasteiger partial charge in [-0.25, -0.2) is 4.98 Å². The molecule has 0 saturated heterocycles. The number of rotatable bonds is 7. The Kier molecular flexibility index (Phi) is 5.16. The minimum atomic E-state index is 0.232. The van der Waals surface area contributed by atoms with Crippen molar-refractivity contribution in [2.75, 3.05) is 25.1 Å². The van der Waals surface area contributed by atoms with Gasteiger partial charge in [-0.3, -0.25) is 5.43 Å². The van der Waals surface area contributed by atoms with Gasteiger partial charge in [-0.2, -0.15) is 5.10 Å². The fraction of sp³-hybridized carbons (Fsp3) is 0.158. The van der Waals surface area contributed by atoms with E-state index in [2.05, 4.69) is 15.5 Å². The molecule has 0 bridgehead atoms.